The van der Waals surface area contributed by atoms with Gasteiger partial charge in [-0.05, 0) is 25.3 Å². The van der Waals surface area contributed by atoms with Crippen LogP contribution in [-0.4, -0.2) is 5.97 Å². The topological polar surface area (TPSA) is 26.3 Å². The zero-order chi connectivity index (χ0) is 11.7. The average molecular weight is 212 g/mol. The van der Waals surface area contributed by atoms with Crippen LogP contribution in [0.15, 0.2) is 11.8 Å². The molecule has 0 heterocycles. The Bertz CT molecular complexity index is 207. The number of carbonyl (C=O) groups excluding carboxylic acids is 1. The molecule has 0 N–H and O–H groups in total. The molecule has 0 saturated carbocycles. The fourth-order valence-electron chi connectivity index (χ4n) is 1.58. The first-order chi connectivity index (χ1) is 7.10. The first-order valence-electron chi connectivity index (χ1n) is 5.95. The molecule has 0 aliphatic heterocycles. The second kappa shape index (κ2) is 8.51. The maximum Gasteiger partial charge on any atom is 0.307 e. The Morgan fingerprint density at radius 3 is 2.47 bits per heavy atom. The van der Waals surface area contributed by atoms with E-state index in [1.807, 2.05) is 13.0 Å². The molecule has 0 aromatic heterocycles. The monoisotopic (exact) mass is 212 g/mol. The van der Waals surface area contributed by atoms with Crippen LogP contribution < -0.4 is 0 Å². The number of hydrogen-bond donors (Lipinski definition) is 0. The second-order valence-corrected chi connectivity index (χ2v) is 4.06. The summed E-state index contributed by atoms with van der Waals surface area (Å²) in [7, 11) is 0. The van der Waals surface area contributed by atoms with E-state index in [1.165, 1.54) is 32.6 Å². The molecule has 2 nitrogen and oxygen atoms in total. The Balaban J connectivity index is 3.90. The quantitative estimate of drug-likeness (QED) is 0.470. The van der Waals surface area contributed by atoms with E-state index in [2.05, 4.69) is 13.8 Å². The van der Waals surface area contributed by atoms with Crippen molar-refractivity contribution in [2.45, 2.75) is 59.8 Å². The summed E-state index contributed by atoms with van der Waals surface area (Å²) in [5.74, 6) is 1.23. The van der Waals surface area contributed by atoms with E-state index >= 15 is 0 Å². The number of ether oxygens (including phenoxy) is 1. The summed E-state index contributed by atoms with van der Waals surface area (Å²) in [6.07, 6.45) is 8.07. The Morgan fingerprint density at radius 2 is 2.00 bits per heavy atom. The van der Waals surface area contributed by atoms with Gasteiger partial charge in [0, 0.05) is 6.92 Å². The molecular weight excluding hydrogens is 188 g/mol. The van der Waals surface area contributed by atoms with Gasteiger partial charge in [-0.25, -0.2) is 0 Å². The van der Waals surface area contributed by atoms with Gasteiger partial charge >= 0.3 is 5.97 Å². The maximum absolute atomic E-state index is 10.7. The maximum atomic E-state index is 10.7. The number of rotatable bonds is 7. The Morgan fingerprint density at radius 1 is 1.33 bits per heavy atom. The Hall–Kier alpha value is -0.790. The first kappa shape index (κ1) is 14.2. The van der Waals surface area contributed by atoms with Crippen molar-refractivity contribution in [2.75, 3.05) is 0 Å². The van der Waals surface area contributed by atoms with Gasteiger partial charge in [-0.1, -0.05) is 39.5 Å². The van der Waals surface area contributed by atoms with E-state index in [-0.39, 0.29) is 5.97 Å². The number of esters is 1. The lowest BCUT2D eigenvalue weighted by atomic mass is 9.96. The van der Waals surface area contributed by atoms with Crippen LogP contribution in [0.4, 0.5) is 0 Å². The summed E-state index contributed by atoms with van der Waals surface area (Å²) in [4.78, 5) is 10.7. The van der Waals surface area contributed by atoms with Crippen molar-refractivity contribution < 1.29 is 9.53 Å². The summed E-state index contributed by atoms with van der Waals surface area (Å²) in [6, 6.07) is 0. The lowest BCUT2D eigenvalue weighted by molar-refractivity contribution is -0.136. The molecule has 1 atom stereocenters. The summed E-state index contributed by atoms with van der Waals surface area (Å²) >= 11 is 0. The minimum atomic E-state index is -0.231. The smallest absolute Gasteiger partial charge is 0.307 e. The van der Waals surface area contributed by atoms with Gasteiger partial charge in [0.05, 0.1) is 0 Å². The minimum Gasteiger partial charge on any atom is -0.432 e. The van der Waals surface area contributed by atoms with Gasteiger partial charge in [0.15, 0.2) is 0 Å². The van der Waals surface area contributed by atoms with Crippen molar-refractivity contribution in [3.8, 4) is 0 Å². The van der Waals surface area contributed by atoms with E-state index < -0.39 is 0 Å². The highest BCUT2D eigenvalue weighted by Crippen LogP contribution is 2.18. The van der Waals surface area contributed by atoms with E-state index in [4.69, 9.17) is 4.74 Å². The molecule has 1 unspecified atom stereocenters. The van der Waals surface area contributed by atoms with Crippen molar-refractivity contribution in [2.24, 2.45) is 5.92 Å². The van der Waals surface area contributed by atoms with Crippen LogP contribution in [0.25, 0.3) is 0 Å². The van der Waals surface area contributed by atoms with Gasteiger partial charge in [0.25, 0.3) is 0 Å². The van der Waals surface area contributed by atoms with Crippen LogP contribution in [0, 0.1) is 5.92 Å². The van der Waals surface area contributed by atoms with Crippen LogP contribution in [0.5, 0.6) is 0 Å². The fourth-order valence-corrected chi connectivity index (χ4v) is 1.58. The lowest BCUT2D eigenvalue weighted by Crippen LogP contribution is -2.00. The normalized spacial score (nSPS) is 13.7. The van der Waals surface area contributed by atoms with Gasteiger partial charge in [0.2, 0.25) is 0 Å². The highest BCUT2D eigenvalue weighted by atomic mass is 16.5. The molecule has 0 radical (unpaired) electrons. The summed E-state index contributed by atoms with van der Waals surface area (Å²) in [6.45, 7) is 7.71. The third kappa shape index (κ3) is 8.22. The number of allylic oxidation sites excluding steroid dienone is 2. The van der Waals surface area contributed by atoms with Crippen molar-refractivity contribution in [1.82, 2.24) is 0 Å². The molecule has 2 heteroatoms. The highest BCUT2D eigenvalue weighted by molar-refractivity contribution is 5.67. The second-order valence-electron chi connectivity index (χ2n) is 4.06. The highest BCUT2D eigenvalue weighted by Gasteiger charge is 2.04. The van der Waals surface area contributed by atoms with Crippen molar-refractivity contribution in [3.05, 3.63) is 11.8 Å². The molecule has 0 aromatic rings. The molecule has 0 aliphatic rings. The Labute approximate surface area is 93.7 Å². The average Bonchev–Trinajstić information content (AvgIpc) is 2.17. The minimum absolute atomic E-state index is 0.231. The van der Waals surface area contributed by atoms with Crippen LogP contribution >= 0.6 is 0 Å². The molecule has 0 rings (SSSR count). The van der Waals surface area contributed by atoms with Crippen molar-refractivity contribution in [3.63, 3.8) is 0 Å². The summed E-state index contributed by atoms with van der Waals surface area (Å²) in [5, 5.41) is 0. The van der Waals surface area contributed by atoms with E-state index in [0.29, 0.717) is 0 Å². The number of hydrogen-bond acceptors (Lipinski definition) is 2. The molecule has 88 valence electrons. The fraction of sp³-hybridized carbons (Fsp3) is 0.769. The molecule has 0 amide bonds. The van der Waals surface area contributed by atoms with Crippen LogP contribution in [0.3, 0.4) is 0 Å². The molecule has 0 saturated heterocycles. The predicted molar refractivity (Wildman–Crippen MR) is 63.4 cm³/mol. The van der Waals surface area contributed by atoms with Gasteiger partial charge in [-0.2, -0.15) is 0 Å². The summed E-state index contributed by atoms with van der Waals surface area (Å²) in [5.41, 5.74) is 0. The third-order valence-electron chi connectivity index (χ3n) is 2.59. The number of unbranched alkanes of at least 4 members (excludes halogenated alkanes) is 1. The largest absolute Gasteiger partial charge is 0.432 e. The Kier molecular flexibility index (Phi) is 8.06. The van der Waals surface area contributed by atoms with Crippen LogP contribution in [0.2, 0.25) is 0 Å². The first-order valence-corrected chi connectivity index (χ1v) is 5.95. The van der Waals surface area contributed by atoms with E-state index in [0.717, 1.165) is 18.1 Å². The number of carbonyl (C=O) groups is 1. The van der Waals surface area contributed by atoms with Gasteiger partial charge < -0.3 is 4.74 Å². The summed E-state index contributed by atoms with van der Waals surface area (Å²) < 4.78 is 4.97. The zero-order valence-electron chi connectivity index (χ0n) is 10.5. The third-order valence-corrected chi connectivity index (χ3v) is 2.59. The molecule has 15 heavy (non-hydrogen) atoms. The lowest BCUT2D eigenvalue weighted by Gasteiger charge is -2.12. The predicted octanol–water partition coefficient (Wildman–Crippen LogP) is 4.06. The molecule has 0 fully saturated rings. The van der Waals surface area contributed by atoms with Crippen LogP contribution in [0.1, 0.15) is 59.8 Å². The van der Waals surface area contributed by atoms with Crippen molar-refractivity contribution >= 4 is 5.97 Å². The zero-order valence-corrected chi connectivity index (χ0v) is 10.5. The SMILES string of the molecule is CCCCC(CC)C/C=C(/C)OC(C)=O. The van der Waals surface area contributed by atoms with E-state index in [1.54, 1.807) is 0 Å². The van der Waals surface area contributed by atoms with Crippen LogP contribution in [-0.2, 0) is 9.53 Å². The molecule has 0 spiro atoms. The molecule has 0 bridgehead atoms. The molecule has 0 aromatic carbocycles. The molecular formula is C13H24O2. The van der Waals surface area contributed by atoms with Gasteiger partial charge in [-0.15, -0.1) is 0 Å². The van der Waals surface area contributed by atoms with Gasteiger partial charge in [-0.3, -0.25) is 4.79 Å². The molecule has 0 aliphatic carbocycles. The van der Waals surface area contributed by atoms with Gasteiger partial charge in [0.1, 0.15) is 5.76 Å². The van der Waals surface area contributed by atoms with Crippen molar-refractivity contribution in [1.29, 1.82) is 0 Å². The van der Waals surface area contributed by atoms with E-state index in [9.17, 15) is 4.79 Å². The standard InChI is InChI=1S/C13H24O2/c1-5-7-8-13(6-2)10-9-11(3)15-12(4)14/h9,13H,5-8,10H2,1-4H3/b11-9-.